The first-order chi connectivity index (χ1) is 20.3. The summed E-state index contributed by atoms with van der Waals surface area (Å²) in [5, 5.41) is 40.3. The minimum atomic E-state index is -0.743. The van der Waals surface area contributed by atoms with Crippen LogP contribution in [0, 0.1) is 45.4 Å². The summed E-state index contributed by atoms with van der Waals surface area (Å²) in [4.78, 5) is 12.9. The predicted octanol–water partition coefficient (Wildman–Crippen LogP) is 8.89. The van der Waals surface area contributed by atoms with Gasteiger partial charge in [-0.2, -0.15) is 0 Å². The Kier molecular flexibility index (Phi) is 10.6. The summed E-state index contributed by atoms with van der Waals surface area (Å²) in [7, 11) is 0. The molecule has 0 bridgehead atoms. The third-order valence-corrected chi connectivity index (χ3v) is 10.3. The Morgan fingerprint density at radius 1 is 1.09 bits per heavy atom. The van der Waals surface area contributed by atoms with Crippen LogP contribution in [0.15, 0.2) is 65.8 Å². The molecule has 4 rings (SSSR count). The van der Waals surface area contributed by atoms with Crippen molar-refractivity contribution in [2.75, 3.05) is 10.5 Å². The van der Waals surface area contributed by atoms with Crippen LogP contribution in [0.2, 0.25) is 0 Å². The number of nitrogens with zero attached hydrogens (tertiary/aromatic N) is 2. The minimum Gasteiger partial charge on any atom is -0.769 e. The normalized spacial score (nSPS) is 29.3. The molecule has 2 N–H and O–H groups in total. The van der Waals surface area contributed by atoms with E-state index in [0.717, 1.165) is 35.8 Å². The van der Waals surface area contributed by atoms with E-state index >= 15 is 0 Å². The van der Waals surface area contributed by atoms with Crippen molar-refractivity contribution in [1.82, 2.24) is 0 Å². The van der Waals surface area contributed by atoms with E-state index in [1.807, 2.05) is 0 Å². The largest absolute Gasteiger partial charge is 0.769 e. The molecule has 0 aromatic heterocycles. The maximum absolute atomic E-state index is 12.9. The van der Waals surface area contributed by atoms with Crippen LogP contribution in [0.1, 0.15) is 96.3 Å². The standard InChI is InChI=1S/C35H48N2O6/c1-22(2)23(3)9-10-25(5)29-19-33-26(8-7-15-35(33,6)21-29)12-13-27-18-32(14-11-24(27)4)43-34(38)28-16-30(36(39)40)20-31(17-28)37(41)42/h9-10,12-13,16-17,20,22-23,25,29,32-33,39-40H,4,7-8,11,14-15,18-19,21H2,1-3,5-6H3/q-2/t23-,25-,29+,32-,33+,35-/m1/s1. The number of benzene rings is 1. The Hall–Kier alpha value is -2.91. The van der Waals surface area contributed by atoms with Crippen molar-refractivity contribution in [3.63, 3.8) is 0 Å². The highest BCUT2D eigenvalue weighted by atomic mass is 16.8. The van der Waals surface area contributed by atoms with Gasteiger partial charge in [-0.3, -0.25) is 10.4 Å². The second-order valence-electron chi connectivity index (χ2n) is 13.7. The number of allylic oxidation sites excluding steroid dienone is 6. The fourth-order valence-electron chi connectivity index (χ4n) is 7.12. The molecule has 3 fully saturated rings. The Morgan fingerprint density at radius 2 is 1.81 bits per heavy atom. The van der Waals surface area contributed by atoms with Crippen LogP contribution in [0.5, 0.6) is 0 Å². The molecule has 43 heavy (non-hydrogen) atoms. The second kappa shape index (κ2) is 13.8. The zero-order chi connectivity index (χ0) is 31.5. The molecule has 6 atom stereocenters. The summed E-state index contributed by atoms with van der Waals surface area (Å²) in [6, 6.07) is 3.19. The number of carbonyl (C=O) groups excluding carboxylic acids is 1. The molecule has 3 saturated carbocycles. The molecule has 1 aromatic carbocycles. The van der Waals surface area contributed by atoms with Crippen molar-refractivity contribution in [1.29, 1.82) is 0 Å². The molecule has 8 nitrogen and oxygen atoms in total. The summed E-state index contributed by atoms with van der Waals surface area (Å²) < 4.78 is 5.75. The average Bonchev–Trinajstić information content (AvgIpc) is 3.33. The molecular weight excluding hydrogens is 544 g/mol. The minimum absolute atomic E-state index is 0.116. The molecular formula is C35H48N2O6-2. The van der Waals surface area contributed by atoms with E-state index in [1.54, 1.807) is 0 Å². The maximum atomic E-state index is 12.9. The first-order valence-electron chi connectivity index (χ1n) is 15.7. The number of anilines is 2. The third kappa shape index (κ3) is 7.98. The number of carbonyl (C=O) groups is 1. The predicted molar refractivity (Wildman–Crippen MR) is 171 cm³/mol. The number of ether oxygens (including phenoxy) is 1. The molecule has 236 valence electrons. The lowest BCUT2D eigenvalue weighted by atomic mass is 9.67. The highest BCUT2D eigenvalue weighted by Crippen LogP contribution is 2.58. The second-order valence-corrected chi connectivity index (χ2v) is 13.7. The van der Waals surface area contributed by atoms with Gasteiger partial charge in [0.05, 0.1) is 11.3 Å². The van der Waals surface area contributed by atoms with Crippen molar-refractivity contribution < 1.29 is 19.9 Å². The van der Waals surface area contributed by atoms with E-state index in [2.05, 4.69) is 65.5 Å². The van der Waals surface area contributed by atoms with Crippen molar-refractivity contribution >= 4 is 17.3 Å². The molecule has 0 heterocycles. The quantitative estimate of drug-likeness (QED) is 0.166. The van der Waals surface area contributed by atoms with Gasteiger partial charge in [-0.25, -0.2) is 4.79 Å². The van der Waals surface area contributed by atoms with Crippen LogP contribution >= 0.6 is 0 Å². The van der Waals surface area contributed by atoms with Gasteiger partial charge in [0.2, 0.25) is 0 Å². The number of hydrogen-bond acceptors (Lipinski definition) is 8. The SMILES string of the molecule is C=C1CC[C@@H](OC(=O)c2cc(N([O-])[O-])cc(N(O)O)c2)CC1=CC=C1CCC[C@]2(C)C[C@@H]([C@H](C)C=C[C@@H](C)C(C)C)C[C@@H]12. The average molecular weight is 593 g/mol. The first kappa shape index (κ1) is 33.0. The number of esters is 1. The van der Waals surface area contributed by atoms with Crippen LogP contribution in [0.4, 0.5) is 11.4 Å². The molecule has 8 heteroatoms. The van der Waals surface area contributed by atoms with Crippen molar-refractivity contribution in [2.45, 2.75) is 92.1 Å². The Bertz CT molecular complexity index is 1240. The van der Waals surface area contributed by atoms with E-state index in [9.17, 15) is 25.6 Å². The molecule has 3 aliphatic carbocycles. The lowest BCUT2D eigenvalue weighted by molar-refractivity contribution is 0.0265. The fraction of sp³-hybridized carbons (Fsp3) is 0.571. The van der Waals surface area contributed by atoms with Crippen LogP contribution in [-0.2, 0) is 4.74 Å². The van der Waals surface area contributed by atoms with Gasteiger partial charge in [0.15, 0.2) is 0 Å². The van der Waals surface area contributed by atoms with E-state index in [1.165, 1.54) is 31.3 Å². The molecule has 3 aliphatic rings. The molecule has 0 unspecified atom stereocenters. The molecule has 0 amide bonds. The number of fused-ring (bicyclic) bond motifs is 1. The summed E-state index contributed by atoms with van der Waals surface area (Å²) in [6.07, 6.45) is 16.8. The van der Waals surface area contributed by atoms with E-state index in [0.29, 0.717) is 54.3 Å². The third-order valence-electron chi connectivity index (χ3n) is 10.3. The van der Waals surface area contributed by atoms with Gasteiger partial charge in [-0.05, 0) is 104 Å². The van der Waals surface area contributed by atoms with Crippen molar-refractivity contribution in [2.24, 2.45) is 35.0 Å². The Morgan fingerprint density at radius 3 is 2.49 bits per heavy atom. The van der Waals surface area contributed by atoms with Gasteiger partial charge in [0.25, 0.3) is 0 Å². The van der Waals surface area contributed by atoms with Crippen LogP contribution in [0.25, 0.3) is 0 Å². The molecule has 0 radical (unpaired) electrons. The lowest BCUT2D eigenvalue weighted by Gasteiger charge is -2.38. The van der Waals surface area contributed by atoms with Gasteiger partial charge in [0.1, 0.15) is 6.10 Å². The number of rotatable bonds is 9. The van der Waals surface area contributed by atoms with Gasteiger partial charge in [0, 0.05) is 12.1 Å². The summed E-state index contributed by atoms with van der Waals surface area (Å²) in [6.45, 7) is 16.0. The first-order valence-corrected chi connectivity index (χ1v) is 15.7. The monoisotopic (exact) mass is 592 g/mol. The maximum Gasteiger partial charge on any atom is 0.338 e. The summed E-state index contributed by atoms with van der Waals surface area (Å²) in [5.74, 6) is 2.33. The highest BCUT2D eigenvalue weighted by Gasteiger charge is 2.47. The topological polar surface area (TPSA) is 119 Å². The Labute approximate surface area is 256 Å². The number of hydrogen-bond donors (Lipinski definition) is 2. The fourth-order valence-corrected chi connectivity index (χ4v) is 7.12. The molecule has 0 spiro atoms. The van der Waals surface area contributed by atoms with E-state index < -0.39 is 23.0 Å². The summed E-state index contributed by atoms with van der Waals surface area (Å²) >= 11 is 0. The zero-order valence-electron chi connectivity index (χ0n) is 26.3. The lowest BCUT2D eigenvalue weighted by Crippen LogP contribution is -2.27. The van der Waals surface area contributed by atoms with Gasteiger partial charge >= 0.3 is 5.97 Å². The molecule has 0 saturated heterocycles. The summed E-state index contributed by atoms with van der Waals surface area (Å²) in [5.41, 5.74) is 3.10. The molecule has 0 aliphatic heterocycles. The van der Waals surface area contributed by atoms with Gasteiger partial charge in [-0.1, -0.05) is 76.6 Å². The van der Waals surface area contributed by atoms with E-state index in [4.69, 9.17) is 4.74 Å². The van der Waals surface area contributed by atoms with Crippen molar-refractivity contribution in [3.8, 4) is 0 Å². The molecule has 1 aromatic rings. The van der Waals surface area contributed by atoms with Gasteiger partial charge in [-0.15, -0.1) is 5.23 Å². The Balaban J connectivity index is 1.46. The zero-order valence-corrected chi connectivity index (χ0v) is 26.3. The van der Waals surface area contributed by atoms with Crippen LogP contribution in [0.3, 0.4) is 0 Å². The van der Waals surface area contributed by atoms with Crippen molar-refractivity contribution in [3.05, 3.63) is 81.8 Å². The smallest absolute Gasteiger partial charge is 0.338 e. The van der Waals surface area contributed by atoms with Crippen LogP contribution in [-0.4, -0.2) is 22.5 Å². The van der Waals surface area contributed by atoms with Gasteiger partial charge < -0.3 is 20.4 Å². The van der Waals surface area contributed by atoms with E-state index in [-0.39, 0.29) is 16.5 Å². The highest BCUT2D eigenvalue weighted by molar-refractivity contribution is 5.92. The van der Waals surface area contributed by atoms with Crippen LogP contribution < -0.4 is 10.5 Å².